The van der Waals surface area contributed by atoms with Crippen molar-refractivity contribution in [2.45, 2.75) is 32.0 Å². The molecule has 1 aliphatic rings. The summed E-state index contributed by atoms with van der Waals surface area (Å²) in [7, 11) is 1.60. The average Bonchev–Trinajstić information content (AvgIpc) is 3.20. The smallest absolute Gasteiger partial charge is 0.255 e. The molecular weight excluding hydrogens is 354 g/mol. The first kappa shape index (κ1) is 18.2. The van der Waals surface area contributed by atoms with Gasteiger partial charge >= 0.3 is 0 Å². The summed E-state index contributed by atoms with van der Waals surface area (Å²) in [6.07, 6.45) is 3.61. The van der Waals surface area contributed by atoms with Crippen molar-refractivity contribution >= 4 is 11.6 Å². The number of aryl methyl sites for hydroxylation is 1. The number of carbonyl (C=O) groups excluding carboxylic acids is 1. The number of anilines is 1. The molecule has 7 nitrogen and oxygen atoms in total. The zero-order valence-corrected chi connectivity index (χ0v) is 15.8. The summed E-state index contributed by atoms with van der Waals surface area (Å²) in [5, 5.41) is 10.8. The van der Waals surface area contributed by atoms with Gasteiger partial charge in [0, 0.05) is 30.3 Å². The van der Waals surface area contributed by atoms with Crippen LogP contribution in [0.3, 0.4) is 0 Å². The zero-order valence-electron chi connectivity index (χ0n) is 15.8. The molecule has 2 aromatic carbocycles. The van der Waals surface area contributed by atoms with Crippen molar-refractivity contribution in [3.05, 3.63) is 71.8 Å². The molecule has 1 atom stereocenters. The fourth-order valence-corrected chi connectivity index (χ4v) is 3.37. The number of fused-ring (bicyclic) bond motifs is 1. The van der Waals surface area contributed by atoms with E-state index in [2.05, 4.69) is 26.8 Å². The molecule has 28 heavy (non-hydrogen) atoms. The highest BCUT2D eigenvalue weighted by Crippen LogP contribution is 2.16. The number of rotatable bonds is 6. The predicted octanol–water partition coefficient (Wildman–Crippen LogP) is 2.64. The van der Waals surface area contributed by atoms with Crippen molar-refractivity contribution in [3.63, 3.8) is 0 Å². The number of methoxy groups -OCH3 is 1. The molecule has 1 aromatic heterocycles. The van der Waals surface area contributed by atoms with Crippen LogP contribution in [0.4, 0.5) is 5.69 Å². The van der Waals surface area contributed by atoms with Gasteiger partial charge in [-0.3, -0.25) is 4.79 Å². The third kappa shape index (κ3) is 4.20. The highest BCUT2D eigenvalue weighted by atomic mass is 16.5. The molecule has 0 aliphatic carbocycles. The van der Waals surface area contributed by atoms with Gasteiger partial charge < -0.3 is 15.4 Å². The first-order chi connectivity index (χ1) is 13.7. The summed E-state index contributed by atoms with van der Waals surface area (Å²) in [5.41, 5.74) is 2.49. The summed E-state index contributed by atoms with van der Waals surface area (Å²) in [6, 6.07) is 15.3. The number of benzene rings is 2. The molecule has 0 saturated carbocycles. The van der Waals surface area contributed by atoms with E-state index in [0.717, 1.165) is 48.8 Å². The van der Waals surface area contributed by atoms with Gasteiger partial charge in [-0.15, -0.1) is 0 Å². The number of hydrogen-bond donors (Lipinski definition) is 2. The molecule has 0 fully saturated rings. The lowest BCUT2D eigenvalue weighted by Gasteiger charge is -2.23. The monoisotopic (exact) mass is 377 g/mol. The third-order valence-electron chi connectivity index (χ3n) is 4.94. The Bertz CT molecular complexity index is 951. The highest BCUT2D eigenvalue weighted by molar-refractivity contribution is 6.04. The molecule has 3 aromatic rings. The maximum atomic E-state index is 12.4. The van der Waals surface area contributed by atoms with E-state index in [-0.39, 0.29) is 5.91 Å². The van der Waals surface area contributed by atoms with E-state index in [1.807, 2.05) is 22.9 Å². The quantitative estimate of drug-likeness (QED) is 0.690. The first-order valence-electron chi connectivity index (χ1n) is 9.35. The van der Waals surface area contributed by atoms with Crippen LogP contribution in [0.15, 0.2) is 54.9 Å². The van der Waals surface area contributed by atoms with E-state index in [4.69, 9.17) is 4.74 Å². The van der Waals surface area contributed by atoms with E-state index < -0.39 is 0 Å². The minimum absolute atomic E-state index is 0.140. The van der Waals surface area contributed by atoms with Crippen LogP contribution in [0, 0.1) is 0 Å². The molecule has 2 heterocycles. The number of aromatic nitrogens is 3. The van der Waals surface area contributed by atoms with Crippen molar-refractivity contribution in [2.75, 3.05) is 12.4 Å². The Labute approximate surface area is 163 Å². The molecular formula is C21H23N5O2. The molecule has 4 rings (SSSR count). The standard InChI is InChI=1S/C21H23N5O2/c1-28-19-8-5-16(6-9-19)21(27)25-17-4-2-3-15(11-17)12-22-18-7-10-20-23-14-24-26(20)13-18/h2-6,8-9,11,14,18,22H,7,10,12-13H2,1H3,(H,25,27). The number of carbonyl (C=O) groups is 1. The maximum Gasteiger partial charge on any atom is 0.255 e. The average molecular weight is 377 g/mol. The van der Waals surface area contributed by atoms with E-state index in [0.29, 0.717) is 11.6 Å². The summed E-state index contributed by atoms with van der Waals surface area (Å²) in [5.74, 6) is 1.64. The van der Waals surface area contributed by atoms with Crippen LogP contribution in [0.25, 0.3) is 0 Å². The van der Waals surface area contributed by atoms with Crippen LogP contribution in [-0.4, -0.2) is 33.8 Å². The van der Waals surface area contributed by atoms with E-state index in [9.17, 15) is 4.79 Å². The van der Waals surface area contributed by atoms with Crippen molar-refractivity contribution in [3.8, 4) is 5.75 Å². The zero-order chi connectivity index (χ0) is 19.3. The van der Waals surface area contributed by atoms with Crippen molar-refractivity contribution in [2.24, 2.45) is 0 Å². The molecule has 0 bridgehead atoms. The second-order valence-electron chi connectivity index (χ2n) is 6.86. The number of nitrogens with one attached hydrogen (secondary N) is 2. The third-order valence-corrected chi connectivity index (χ3v) is 4.94. The molecule has 1 unspecified atom stereocenters. The molecule has 1 aliphatic heterocycles. The van der Waals surface area contributed by atoms with Crippen molar-refractivity contribution in [1.29, 1.82) is 0 Å². The normalized spacial score (nSPS) is 15.7. The van der Waals surface area contributed by atoms with Gasteiger partial charge in [0.25, 0.3) is 5.91 Å². The van der Waals surface area contributed by atoms with Crippen LogP contribution in [0.2, 0.25) is 0 Å². The Kier molecular flexibility index (Phi) is 5.34. The molecule has 144 valence electrons. The van der Waals surface area contributed by atoms with Crippen molar-refractivity contribution < 1.29 is 9.53 Å². The molecule has 2 N–H and O–H groups in total. The Morgan fingerprint density at radius 2 is 2.11 bits per heavy atom. The van der Waals surface area contributed by atoms with Crippen LogP contribution in [0.5, 0.6) is 5.75 Å². The van der Waals surface area contributed by atoms with Crippen LogP contribution < -0.4 is 15.4 Å². The minimum atomic E-state index is -0.140. The number of hydrogen-bond acceptors (Lipinski definition) is 5. The van der Waals surface area contributed by atoms with Crippen LogP contribution >= 0.6 is 0 Å². The maximum absolute atomic E-state index is 12.4. The topological polar surface area (TPSA) is 81.1 Å². The lowest BCUT2D eigenvalue weighted by Crippen LogP contribution is -2.37. The Hall–Kier alpha value is -3.19. The van der Waals surface area contributed by atoms with Crippen molar-refractivity contribution in [1.82, 2.24) is 20.1 Å². The Morgan fingerprint density at radius 3 is 2.93 bits per heavy atom. The number of ether oxygens (including phenoxy) is 1. The van der Waals surface area contributed by atoms with Gasteiger partial charge in [-0.25, -0.2) is 9.67 Å². The van der Waals surface area contributed by atoms with Crippen LogP contribution in [-0.2, 0) is 19.5 Å². The Balaban J connectivity index is 1.34. The van der Waals surface area contributed by atoms with E-state index in [1.54, 1.807) is 37.7 Å². The van der Waals surface area contributed by atoms with E-state index >= 15 is 0 Å². The lowest BCUT2D eigenvalue weighted by molar-refractivity contribution is 0.102. The first-order valence-corrected chi connectivity index (χ1v) is 9.35. The van der Waals surface area contributed by atoms with Gasteiger partial charge in [0.2, 0.25) is 0 Å². The summed E-state index contributed by atoms with van der Waals surface area (Å²) in [4.78, 5) is 16.7. The predicted molar refractivity (Wildman–Crippen MR) is 106 cm³/mol. The van der Waals surface area contributed by atoms with Gasteiger partial charge in [-0.2, -0.15) is 5.10 Å². The fraction of sp³-hybridized carbons (Fsp3) is 0.286. The van der Waals surface area contributed by atoms with Gasteiger partial charge in [0.1, 0.15) is 17.9 Å². The second kappa shape index (κ2) is 8.22. The molecule has 7 heteroatoms. The van der Waals surface area contributed by atoms with Gasteiger partial charge in [-0.1, -0.05) is 12.1 Å². The van der Waals surface area contributed by atoms with Gasteiger partial charge in [0.15, 0.2) is 0 Å². The van der Waals surface area contributed by atoms with Gasteiger partial charge in [-0.05, 0) is 48.4 Å². The highest BCUT2D eigenvalue weighted by Gasteiger charge is 2.19. The largest absolute Gasteiger partial charge is 0.497 e. The minimum Gasteiger partial charge on any atom is -0.497 e. The second-order valence-corrected chi connectivity index (χ2v) is 6.86. The fourth-order valence-electron chi connectivity index (χ4n) is 3.37. The summed E-state index contributed by atoms with van der Waals surface area (Å²) in [6.45, 7) is 1.57. The SMILES string of the molecule is COc1ccc(C(=O)Nc2cccc(CNC3CCc4ncnn4C3)c2)cc1. The van der Waals surface area contributed by atoms with Gasteiger partial charge in [0.05, 0.1) is 13.7 Å². The summed E-state index contributed by atoms with van der Waals surface area (Å²) < 4.78 is 7.09. The summed E-state index contributed by atoms with van der Waals surface area (Å²) >= 11 is 0. The molecule has 1 amide bonds. The number of amides is 1. The molecule has 0 saturated heterocycles. The van der Waals surface area contributed by atoms with E-state index in [1.165, 1.54) is 0 Å². The molecule has 0 spiro atoms. The Morgan fingerprint density at radius 1 is 1.25 bits per heavy atom. The number of nitrogens with zero attached hydrogens (tertiary/aromatic N) is 3. The molecule has 0 radical (unpaired) electrons. The van der Waals surface area contributed by atoms with Crippen LogP contribution in [0.1, 0.15) is 28.2 Å². The lowest BCUT2D eigenvalue weighted by atomic mass is 10.1.